The van der Waals surface area contributed by atoms with Crippen LogP contribution in [0.1, 0.15) is 124 Å². The Labute approximate surface area is 311 Å². The minimum atomic E-state index is -5.57. The molecule has 0 heterocycles. The van der Waals surface area contributed by atoms with E-state index in [-0.39, 0.29) is 37.2 Å². The van der Waals surface area contributed by atoms with E-state index in [1.807, 2.05) is 0 Å². The standard InChI is InChI=1S/C38H30O16S/c1-5-7-19(39)29-25(13-23(43)31-33(29)35(45)17-9-15(51-3)11-21(41)27(17)37(31)47)53-55(49,50)54-26-14-24(44)32-34(30(26)20(40)8-6-2)36(46)18-10-16(52-4)12-22(42)28(18)38(32)48/h9-14,41-44H,5-8H2,1-4H3. The zero-order chi connectivity index (χ0) is 40.3. The number of carbonyl (C=O) groups excluding carboxylic acids is 6. The highest BCUT2D eigenvalue weighted by Gasteiger charge is 2.43. The van der Waals surface area contributed by atoms with Gasteiger partial charge in [0.25, 0.3) is 0 Å². The molecule has 0 amide bonds. The summed E-state index contributed by atoms with van der Waals surface area (Å²) in [7, 11) is -3.13. The molecule has 0 aliphatic heterocycles. The van der Waals surface area contributed by atoms with Crippen LogP contribution in [0.2, 0.25) is 0 Å². The molecule has 55 heavy (non-hydrogen) atoms. The molecule has 6 rings (SSSR count). The molecular weight excluding hydrogens is 744 g/mol. The van der Waals surface area contributed by atoms with Crippen molar-refractivity contribution in [2.45, 2.75) is 39.5 Å². The van der Waals surface area contributed by atoms with Gasteiger partial charge in [-0.3, -0.25) is 28.8 Å². The topological polar surface area (TPSA) is 254 Å². The highest BCUT2D eigenvalue weighted by molar-refractivity contribution is 7.82. The number of ether oxygens (including phenoxy) is 2. The highest BCUT2D eigenvalue weighted by Crippen LogP contribution is 2.46. The minimum absolute atomic E-state index is 0.0452. The Morgan fingerprint density at radius 3 is 1.20 bits per heavy atom. The summed E-state index contributed by atoms with van der Waals surface area (Å²) in [5, 5.41) is 43.2. The molecule has 2 aliphatic carbocycles. The van der Waals surface area contributed by atoms with E-state index in [1.54, 1.807) is 13.8 Å². The number of benzene rings is 4. The summed E-state index contributed by atoms with van der Waals surface area (Å²) in [6, 6.07) is 5.47. The molecule has 0 spiro atoms. The molecule has 4 aromatic rings. The first-order valence-electron chi connectivity index (χ1n) is 16.5. The number of fused-ring (bicyclic) bond motifs is 4. The number of Topliss-reactive ketones (excluding diaryl/α,β-unsaturated/α-hetero) is 2. The number of methoxy groups -OCH3 is 2. The number of phenolic OH excluding ortho intramolecular Hbond substituents is 4. The molecule has 0 unspecified atom stereocenters. The minimum Gasteiger partial charge on any atom is -0.507 e. The summed E-state index contributed by atoms with van der Waals surface area (Å²) in [5.74, 6) is -11.5. The lowest BCUT2D eigenvalue weighted by atomic mass is 9.79. The van der Waals surface area contributed by atoms with Crippen LogP contribution in [0.15, 0.2) is 36.4 Å². The third-order valence-electron chi connectivity index (χ3n) is 8.94. The third kappa shape index (κ3) is 6.17. The Bertz CT molecular complexity index is 2380. The van der Waals surface area contributed by atoms with Crippen LogP contribution in [0, 0.1) is 0 Å². The molecule has 0 aromatic heterocycles. The first-order valence-corrected chi connectivity index (χ1v) is 17.8. The van der Waals surface area contributed by atoms with Gasteiger partial charge in [0.05, 0.1) is 58.7 Å². The molecule has 4 N–H and O–H groups in total. The van der Waals surface area contributed by atoms with Crippen LogP contribution >= 0.6 is 0 Å². The smallest absolute Gasteiger partial charge is 0.501 e. The maximum absolute atomic E-state index is 14.0. The van der Waals surface area contributed by atoms with Crippen molar-refractivity contribution < 1.29 is 75.5 Å². The number of phenols is 4. The van der Waals surface area contributed by atoms with E-state index < -0.39 is 135 Å². The van der Waals surface area contributed by atoms with E-state index in [9.17, 15) is 57.6 Å². The van der Waals surface area contributed by atoms with Crippen molar-refractivity contribution in [3.63, 3.8) is 0 Å². The molecule has 0 fully saturated rings. The molecule has 0 saturated heterocycles. The second kappa shape index (κ2) is 13.9. The Kier molecular flexibility index (Phi) is 9.61. The fourth-order valence-corrected chi connectivity index (χ4v) is 7.36. The van der Waals surface area contributed by atoms with Crippen LogP contribution in [0.3, 0.4) is 0 Å². The molecule has 2 aliphatic rings. The SMILES string of the molecule is CCCC(=O)c1c(OS(=O)(=O)Oc2cc(O)c3c(c2C(=O)CCC)C(=O)c2cc(OC)cc(O)c2C3=O)cc(O)c2c1C(=O)c1cc(OC)cc(O)c1C2=O. The largest absolute Gasteiger partial charge is 0.507 e. The van der Waals surface area contributed by atoms with Crippen LogP contribution in [0.25, 0.3) is 0 Å². The van der Waals surface area contributed by atoms with E-state index in [1.165, 1.54) is 14.2 Å². The predicted molar refractivity (Wildman–Crippen MR) is 188 cm³/mol. The molecule has 4 aromatic carbocycles. The van der Waals surface area contributed by atoms with Crippen LogP contribution in [0.5, 0.6) is 46.0 Å². The third-order valence-corrected chi connectivity index (χ3v) is 9.71. The van der Waals surface area contributed by atoms with Gasteiger partial charge in [0.15, 0.2) is 34.6 Å². The van der Waals surface area contributed by atoms with E-state index in [4.69, 9.17) is 17.8 Å². The summed E-state index contributed by atoms with van der Waals surface area (Å²) in [5.41, 5.74) is -6.26. The van der Waals surface area contributed by atoms with E-state index in [2.05, 4.69) is 0 Å². The van der Waals surface area contributed by atoms with Crippen molar-refractivity contribution in [3.05, 3.63) is 92.0 Å². The lowest BCUT2D eigenvalue weighted by Crippen LogP contribution is -2.27. The molecule has 0 bridgehead atoms. The molecule has 17 heteroatoms. The Morgan fingerprint density at radius 2 is 0.873 bits per heavy atom. The Balaban J connectivity index is 1.51. The monoisotopic (exact) mass is 774 g/mol. The highest BCUT2D eigenvalue weighted by atomic mass is 32.3. The average Bonchev–Trinajstić information content (AvgIpc) is 3.11. The first-order chi connectivity index (χ1) is 26.0. The quantitative estimate of drug-likeness (QED) is 0.122. The van der Waals surface area contributed by atoms with Gasteiger partial charge in [0.2, 0.25) is 11.6 Å². The van der Waals surface area contributed by atoms with E-state index in [0.717, 1.165) is 24.3 Å². The maximum atomic E-state index is 14.0. The van der Waals surface area contributed by atoms with E-state index in [0.29, 0.717) is 12.1 Å². The van der Waals surface area contributed by atoms with Crippen molar-refractivity contribution >= 4 is 45.1 Å². The molecule has 0 atom stereocenters. The number of carbonyl (C=O) groups is 6. The lowest BCUT2D eigenvalue weighted by molar-refractivity contribution is 0.0949. The number of aromatic hydroxyl groups is 4. The fourth-order valence-electron chi connectivity index (χ4n) is 6.62. The molecule has 0 radical (unpaired) electrons. The van der Waals surface area contributed by atoms with Gasteiger partial charge in [-0.05, 0) is 25.0 Å². The normalized spacial score (nSPS) is 13.0. The molecule has 0 saturated carbocycles. The van der Waals surface area contributed by atoms with Gasteiger partial charge in [0.1, 0.15) is 34.5 Å². The summed E-state index contributed by atoms with van der Waals surface area (Å²) in [4.78, 5) is 82.3. The van der Waals surface area contributed by atoms with Gasteiger partial charge in [-0.15, -0.1) is 8.42 Å². The van der Waals surface area contributed by atoms with Gasteiger partial charge in [-0.1, -0.05) is 13.8 Å². The summed E-state index contributed by atoms with van der Waals surface area (Å²) in [6.45, 7) is 3.19. The molecule has 16 nitrogen and oxygen atoms in total. The van der Waals surface area contributed by atoms with Crippen LogP contribution < -0.4 is 17.8 Å². The van der Waals surface area contributed by atoms with Gasteiger partial charge in [-0.2, -0.15) is 0 Å². The zero-order valence-corrected chi connectivity index (χ0v) is 30.2. The number of hydrogen-bond donors (Lipinski definition) is 4. The van der Waals surface area contributed by atoms with Crippen molar-refractivity contribution in [1.29, 1.82) is 0 Å². The van der Waals surface area contributed by atoms with Crippen molar-refractivity contribution in [2.24, 2.45) is 0 Å². The van der Waals surface area contributed by atoms with Gasteiger partial charge >= 0.3 is 10.4 Å². The van der Waals surface area contributed by atoms with Gasteiger partial charge in [-0.25, -0.2) is 0 Å². The number of ketones is 6. The summed E-state index contributed by atoms with van der Waals surface area (Å²) < 4.78 is 47.9. The fraction of sp³-hybridized carbons (Fsp3) is 0.211. The van der Waals surface area contributed by atoms with Crippen molar-refractivity contribution in [1.82, 2.24) is 0 Å². The van der Waals surface area contributed by atoms with Crippen molar-refractivity contribution in [2.75, 3.05) is 14.2 Å². The van der Waals surface area contributed by atoms with Gasteiger partial charge < -0.3 is 38.3 Å². The van der Waals surface area contributed by atoms with Crippen molar-refractivity contribution in [3.8, 4) is 46.0 Å². The maximum Gasteiger partial charge on any atom is 0.501 e. The molecule has 284 valence electrons. The lowest BCUT2D eigenvalue weighted by Gasteiger charge is -2.24. The first kappa shape index (κ1) is 38.0. The van der Waals surface area contributed by atoms with E-state index >= 15 is 0 Å². The Morgan fingerprint density at radius 1 is 0.527 bits per heavy atom. The van der Waals surface area contributed by atoms with Gasteiger partial charge in [0, 0.05) is 48.2 Å². The average molecular weight is 775 g/mol. The summed E-state index contributed by atoms with van der Waals surface area (Å²) >= 11 is 0. The molecular formula is C38H30O16S. The predicted octanol–water partition coefficient (Wildman–Crippen LogP) is 4.75. The number of rotatable bonds is 12. The second-order valence-corrected chi connectivity index (χ2v) is 13.6. The second-order valence-electron chi connectivity index (χ2n) is 12.4. The van der Waals surface area contributed by atoms with Crippen LogP contribution in [0.4, 0.5) is 0 Å². The number of hydrogen-bond acceptors (Lipinski definition) is 16. The summed E-state index contributed by atoms with van der Waals surface area (Å²) in [6.07, 6.45) is -0.278. The zero-order valence-electron chi connectivity index (χ0n) is 29.4. The Hall–Kier alpha value is -6.75. The van der Waals surface area contributed by atoms with Crippen LogP contribution in [-0.2, 0) is 10.4 Å². The van der Waals surface area contributed by atoms with Crippen LogP contribution in [-0.4, -0.2) is 77.8 Å².